The van der Waals surface area contributed by atoms with Gasteiger partial charge < -0.3 is 25.6 Å². The highest BCUT2D eigenvalue weighted by molar-refractivity contribution is 5.99. The van der Waals surface area contributed by atoms with Crippen LogP contribution >= 0.6 is 0 Å². The molecule has 35 heavy (non-hydrogen) atoms. The lowest BCUT2D eigenvalue weighted by Crippen LogP contribution is -2.45. The fourth-order valence-corrected chi connectivity index (χ4v) is 4.36. The summed E-state index contributed by atoms with van der Waals surface area (Å²) in [5.74, 6) is -2.13. The number of fused-ring (bicyclic) bond motifs is 3. The number of carboxylic acids is 1. The first-order valence-electron chi connectivity index (χ1n) is 11.2. The van der Waals surface area contributed by atoms with Gasteiger partial charge in [-0.2, -0.15) is 0 Å². The number of aromatic hydroxyl groups is 1. The third-order valence-electron chi connectivity index (χ3n) is 6.22. The summed E-state index contributed by atoms with van der Waals surface area (Å²) in [4.78, 5) is 36.7. The minimum Gasteiger partial charge on any atom is -0.507 e. The third-order valence-corrected chi connectivity index (χ3v) is 6.22. The molecule has 8 nitrogen and oxygen atoms in total. The molecule has 1 atom stereocenters. The van der Waals surface area contributed by atoms with Gasteiger partial charge in [0.15, 0.2) is 0 Å². The number of carboxylic acid groups (broad SMARTS) is 1. The van der Waals surface area contributed by atoms with Crippen molar-refractivity contribution in [3.8, 4) is 16.9 Å². The molecule has 8 heteroatoms. The summed E-state index contributed by atoms with van der Waals surface area (Å²) >= 11 is 0. The van der Waals surface area contributed by atoms with Crippen molar-refractivity contribution in [2.75, 3.05) is 11.9 Å². The summed E-state index contributed by atoms with van der Waals surface area (Å²) < 4.78 is 5.45. The van der Waals surface area contributed by atoms with E-state index in [9.17, 15) is 24.6 Å². The number of aliphatic carboxylic acids is 1. The molecule has 0 fully saturated rings. The van der Waals surface area contributed by atoms with E-state index in [4.69, 9.17) is 4.74 Å². The molecule has 3 aromatic rings. The topological polar surface area (TPSA) is 125 Å². The first kappa shape index (κ1) is 23.8. The van der Waals surface area contributed by atoms with Crippen LogP contribution < -0.4 is 10.6 Å². The van der Waals surface area contributed by atoms with E-state index in [2.05, 4.69) is 10.6 Å². The first-order valence-corrected chi connectivity index (χ1v) is 11.2. The molecule has 3 aromatic carbocycles. The second-order valence-corrected chi connectivity index (χ2v) is 8.51. The molecule has 4 rings (SSSR count). The summed E-state index contributed by atoms with van der Waals surface area (Å²) in [5, 5.41) is 24.3. The highest BCUT2D eigenvalue weighted by Gasteiger charge is 2.30. The molecule has 4 N–H and O–H groups in total. The number of anilines is 1. The van der Waals surface area contributed by atoms with Gasteiger partial charge in [0, 0.05) is 17.2 Å². The van der Waals surface area contributed by atoms with Crippen molar-refractivity contribution in [2.24, 2.45) is 0 Å². The molecule has 0 saturated carbocycles. The molecular weight excluding hydrogens is 448 g/mol. The number of rotatable bonds is 7. The Hall–Kier alpha value is -4.33. The molecule has 0 bridgehead atoms. The van der Waals surface area contributed by atoms with Crippen LogP contribution in [-0.4, -0.2) is 40.8 Å². The number of hydrogen-bond donors (Lipinski definition) is 4. The maximum atomic E-state index is 12.8. The highest BCUT2D eigenvalue weighted by atomic mass is 16.5. The van der Waals surface area contributed by atoms with Crippen molar-refractivity contribution in [1.29, 1.82) is 0 Å². The standard InChI is InChI=1S/C27H26N2O6/c1-15-11-12-22(16(2)25(15)32)28-26(33)23(13-24(30)31)29-27(34)35-14-21-19-9-5-3-7-17(19)18-8-4-6-10-20(18)21/h3-12,21,23,32H,13-14H2,1-2H3,(H,28,33)(H,29,34)(H,30,31). The Morgan fingerprint density at radius 1 is 0.943 bits per heavy atom. The number of carbonyl (C=O) groups is 3. The third kappa shape index (κ3) is 4.96. The zero-order valence-electron chi connectivity index (χ0n) is 19.4. The fourth-order valence-electron chi connectivity index (χ4n) is 4.36. The summed E-state index contributed by atoms with van der Waals surface area (Å²) in [6.07, 6.45) is -1.52. The number of aryl methyl sites for hydroxylation is 1. The van der Waals surface area contributed by atoms with E-state index >= 15 is 0 Å². The Morgan fingerprint density at radius 3 is 2.14 bits per heavy atom. The van der Waals surface area contributed by atoms with E-state index in [0.717, 1.165) is 22.3 Å². The van der Waals surface area contributed by atoms with Gasteiger partial charge in [-0.25, -0.2) is 4.79 Å². The predicted molar refractivity (Wildman–Crippen MR) is 130 cm³/mol. The van der Waals surface area contributed by atoms with E-state index in [0.29, 0.717) is 16.8 Å². The number of nitrogens with one attached hydrogen (secondary N) is 2. The minimum absolute atomic E-state index is 0.0297. The molecule has 1 aliphatic rings. The van der Waals surface area contributed by atoms with Crippen molar-refractivity contribution < 1.29 is 29.3 Å². The molecule has 0 heterocycles. The van der Waals surface area contributed by atoms with Gasteiger partial charge >= 0.3 is 12.1 Å². The molecule has 1 aliphatic carbocycles. The maximum absolute atomic E-state index is 12.8. The number of ether oxygens (including phenoxy) is 1. The average Bonchev–Trinajstić information content (AvgIpc) is 3.16. The largest absolute Gasteiger partial charge is 0.507 e. The average molecular weight is 475 g/mol. The number of phenolic OH excluding ortho intramolecular Hbond substituents is 1. The van der Waals surface area contributed by atoms with Crippen LogP contribution in [0.3, 0.4) is 0 Å². The first-order chi connectivity index (χ1) is 16.8. The maximum Gasteiger partial charge on any atom is 0.407 e. The molecule has 180 valence electrons. The second kappa shape index (κ2) is 9.89. The van der Waals surface area contributed by atoms with Crippen LogP contribution in [0.25, 0.3) is 11.1 Å². The summed E-state index contributed by atoms with van der Waals surface area (Å²) in [5.41, 5.74) is 5.64. The minimum atomic E-state index is -1.37. The Kier molecular flexibility index (Phi) is 6.73. The number of amides is 2. The molecule has 0 aliphatic heterocycles. The predicted octanol–water partition coefficient (Wildman–Crippen LogP) is 4.33. The van der Waals surface area contributed by atoms with Crippen LogP contribution in [0.1, 0.15) is 34.6 Å². The van der Waals surface area contributed by atoms with E-state index in [1.54, 1.807) is 26.0 Å². The summed E-state index contributed by atoms with van der Waals surface area (Å²) in [6, 6.07) is 17.6. The zero-order valence-corrected chi connectivity index (χ0v) is 19.4. The van der Waals surface area contributed by atoms with E-state index in [1.807, 2.05) is 48.5 Å². The zero-order chi connectivity index (χ0) is 25.1. The Morgan fingerprint density at radius 2 is 1.54 bits per heavy atom. The van der Waals surface area contributed by atoms with Gasteiger partial charge in [0.05, 0.1) is 6.42 Å². The van der Waals surface area contributed by atoms with Gasteiger partial charge in [0.1, 0.15) is 18.4 Å². The number of hydrogen-bond acceptors (Lipinski definition) is 5. The van der Waals surface area contributed by atoms with Crippen molar-refractivity contribution in [3.63, 3.8) is 0 Å². The van der Waals surface area contributed by atoms with Crippen LogP contribution in [0.2, 0.25) is 0 Å². The van der Waals surface area contributed by atoms with Crippen LogP contribution in [0.5, 0.6) is 5.75 Å². The second-order valence-electron chi connectivity index (χ2n) is 8.51. The van der Waals surface area contributed by atoms with Gasteiger partial charge in [0.25, 0.3) is 0 Å². The van der Waals surface area contributed by atoms with Crippen LogP contribution in [0.4, 0.5) is 10.5 Å². The Balaban J connectivity index is 1.45. The van der Waals surface area contributed by atoms with Gasteiger partial charge in [0.2, 0.25) is 5.91 Å². The van der Waals surface area contributed by atoms with E-state index < -0.39 is 30.4 Å². The molecule has 0 spiro atoms. The molecule has 1 unspecified atom stereocenters. The monoisotopic (exact) mass is 474 g/mol. The SMILES string of the molecule is Cc1ccc(NC(=O)C(CC(=O)O)NC(=O)OCC2c3ccccc3-c3ccccc32)c(C)c1O. The van der Waals surface area contributed by atoms with Crippen molar-refractivity contribution in [3.05, 3.63) is 82.9 Å². The summed E-state index contributed by atoms with van der Waals surface area (Å²) in [7, 11) is 0. The smallest absolute Gasteiger partial charge is 0.407 e. The van der Waals surface area contributed by atoms with Crippen molar-refractivity contribution in [1.82, 2.24) is 5.32 Å². The lowest BCUT2D eigenvalue weighted by atomic mass is 9.98. The number of alkyl carbamates (subject to hydrolysis) is 1. The number of benzene rings is 3. The number of phenols is 1. The number of carbonyl (C=O) groups excluding carboxylic acids is 2. The normalized spacial score (nSPS) is 12.9. The van der Waals surface area contributed by atoms with Gasteiger partial charge in [-0.1, -0.05) is 54.6 Å². The quantitative estimate of drug-likeness (QED) is 0.404. The van der Waals surface area contributed by atoms with Gasteiger partial charge in [-0.05, 0) is 47.7 Å². The van der Waals surface area contributed by atoms with Crippen LogP contribution in [-0.2, 0) is 14.3 Å². The Bertz CT molecular complexity index is 1260. The Labute approximate surface area is 202 Å². The molecular formula is C27H26N2O6. The molecule has 2 amide bonds. The fraction of sp³-hybridized carbons (Fsp3) is 0.222. The summed E-state index contributed by atoms with van der Waals surface area (Å²) in [6.45, 7) is 3.38. The van der Waals surface area contributed by atoms with Crippen molar-refractivity contribution in [2.45, 2.75) is 32.2 Å². The lowest BCUT2D eigenvalue weighted by molar-refractivity contribution is -0.139. The van der Waals surface area contributed by atoms with E-state index in [-0.39, 0.29) is 18.3 Å². The van der Waals surface area contributed by atoms with Crippen LogP contribution in [0.15, 0.2) is 60.7 Å². The van der Waals surface area contributed by atoms with Crippen LogP contribution in [0, 0.1) is 13.8 Å². The molecule has 0 aromatic heterocycles. The molecule has 0 saturated heterocycles. The van der Waals surface area contributed by atoms with Gasteiger partial charge in [-0.15, -0.1) is 0 Å². The lowest BCUT2D eigenvalue weighted by Gasteiger charge is -2.19. The molecule has 0 radical (unpaired) electrons. The van der Waals surface area contributed by atoms with Gasteiger partial charge in [-0.3, -0.25) is 9.59 Å². The van der Waals surface area contributed by atoms with Crippen molar-refractivity contribution >= 4 is 23.7 Å². The highest BCUT2D eigenvalue weighted by Crippen LogP contribution is 2.44. The van der Waals surface area contributed by atoms with E-state index in [1.165, 1.54) is 0 Å².